The van der Waals surface area contributed by atoms with Crippen molar-refractivity contribution in [2.45, 2.75) is 11.5 Å². The lowest BCUT2D eigenvalue weighted by Crippen LogP contribution is -2.20. The minimum Gasteiger partial charge on any atom is -0.496 e. The number of ether oxygens (including phenoxy) is 1. The number of sulfonamides is 1. The second-order valence-corrected chi connectivity index (χ2v) is 6.49. The molecule has 1 heterocycles. The summed E-state index contributed by atoms with van der Waals surface area (Å²) in [6.07, 6.45) is 0. The number of aliphatic hydroxyl groups is 1. The number of hydrogen-bond acceptors (Lipinski definition) is 5. The van der Waals surface area contributed by atoms with Gasteiger partial charge in [-0.25, -0.2) is 13.1 Å². The van der Waals surface area contributed by atoms with Gasteiger partial charge in [0.05, 0.1) is 19.3 Å². The van der Waals surface area contributed by atoms with Crippen molar-refractivity contribution in [3.05, 3.63) is 47.5 Å². The van der Waals surface area contributed by atoms with E-state index >= 15 is 0 Å². The molecule has 1 aliphatic heterocycles. The van der Waals surface area contributed by atoms with E-state index in [9.17, 15) is 18.3 Å². The number of nitrogens with one attached hydrogen (secondary N) is 1. The molecule has 6 nitrogen and oxygen atoms in total. The molecule has 2 aromatic carbocycles. The molecule has 0 saturated carbocycles. The second-order valence-electron chi connectivity index (χ2n) is 4.84. The van der Waals surface area contributed by atoms with Crippen molar-refractivity contribution in [3.8, 4) is 16.9 Å². The Bertz CT molecular complexity index is 873. The second kappa shape index (κ2) is 5.11. The Balaban J connectivity index is 2.19. The maximum absolute atomic E-state index is 11.8. The highest BCUT2D eigenvalue weighted by molar-refractivity contribution is 7.90. The number of hydrogen-bond donors (Lipinski definition) is 2. The summed E-state index contributed by atoms with van der Waals surface area (Å²) in [5.74, 6) is -0.0764. The maximum atomic E-state index is 11.8. The van der Waals surface area contributed by atoms with Gasteiger partial charge in [-0.2, -0.15) is 0 Å². The topological polar surface area (TPSA) is 92.7 Å². The Morgan fingerprint density at radius 2 is 1.91 bits per heavy atom. The molecule has 0 aromatic heterocycles. The number of rotatable bonds is 3. The molecule has 0 bridgehead atoms. The molecule has 2 N–H and O–H groups in total. The molecule has 0 radical (unpaired) electrons. The molecule has 0 aliphatic carbocycles. The molecule has 3 rings (SSSR count). The first-order valence-corrected chi connectivity index (χ1v) is 7.94. The minimum absolute atomic E-state index is 0.0291. The van der Waals surface area contributed by atoms with Gasteiger partial charge in [-0.3, -0.25) is 4.79 Å². The van der Waals surface area contributed by atoms with E-state index in [-0.39, 0.29) is 17.1 Å². The lowest BCUT2D eigenvalue weighted by Gasteiger charge is -2.11. The maximum Gasteiger partial charge on any atom is 0.266 e. The number of fused-ring (bicyclic) bond motifs is 1. The molecule has 0 saturated heterocycles. The Kier molecular flexibility index (Phi) is 3.38. The van der Waals surface area contributed by atoms with Gasteiger partial charge < -0.3 is 9.84 Å². The third-order valence-electron chi connectivity index (χ3n) is 3.50. The Labute approximate surface area is 127 Å². The summed E-state index contributed by atoms with van der Waals surface area (Å²) in [4.78, 5) is 11.8. The molecule has 7 heteroatoms. The molecule has 1 aliphatic rings. The Morgan fingerprint density at radius 1 is 1.14 bits per heavy atom. The van der Waals surface area contributed by atoms with Crippen LogP contribution in [0.1, 0.15) is 15.9 Å². The van der Waals surface area contributed by atoms with Gasteiger partial charge in [0.2, 0.25) is 0 Å². The van der Waals surface area contributed by atoms with Gasteiger partial charge in [0.25, 0.3) is 15.9 Å². The van der Waals surface area contributed by atoms with E-state index in [0.717, 1.165) is 0 Å². The van der Waals surface area contributed by atoms with Gasteiger partial charge in [0, 0.05) is 5.56 Å². The van der Waals surface area contributed by atoms with Gasteiger partial charge in [0.1, 0.15) is 10.6 Å². The van der Waals surface area contributed by atoms with Gasteiger partial charge in [-0.05, 0) is 35.4 Å². The van der Waals surface area contributed by atoms with Crippen LogP contribution in [0.3, 0.4) is 0 Å². The molecule has 22 heavy (non-hydrogen) atoms. The molecule has 114 valence electrons. The van der Waals surface area contributed by atoms with Crippen LogP contribution in [0.25, 0.3) is 11.1 Å². The largest absolute Gasteiger partial charge is 0.496 e. The van der Waals surface area contributed by atoms with Gasteiger partial charge >= 0.3 is 0 Å². The first-order valence-electron chi connectivity index (χ1n) is 6.45. The normalized spacial score (nSPS) is 15.3. The molecular weight excluding hydrogens is 306 g/mol. The standard InChI is InChI=1S/C15H13NO5S/c1-21-13-4-2-9(8-17)6-11(13)10-3-5-14-12(7-10)15(18)16-22(14,19)20/h2-7,17H,8H2,1H3,(H,16,18). The summed E-state index contributed by atoms with van der Waals surface area (Å²) in [5, 5.41) is 9.25. The molecular formula is C15H13NO5S. The number of benzene rings is 2. The predicted molar refractivity (Wildman–Crippen MR) is 79.0 cm³/mol. The average molecular weight is 319 g/mol. The van der Waals surface area contributed by atoms with Crippen molar-refractivity contribution in [2.24, 2.45) is 0 Å². The van der Waals surface area contributed by atoms with E-state index in [1.165, 1.54) is 19.2 Å². The fraction of sp³-hybridized carbons (Fsp3) is 0.133. The van der Waals surface area contributed by atoms with Crippen LogP contribution in [0.15, 0.2) is 41.3 Å². The third kappa shape index (κ3) is 2.24. The first-order chi connectivity index (χ1) is 10.5. The van der Waals surface area contributed by atoms with Crippen molar-refractivity contribution < 1.29 is 23.1 Å². The van der Waals surface area contributed by atoms with Gasteiger partial charge in [-0.1, -0.05) is 12.1 Å². The average Bonchev–Trinajstić information content (AvgIpc) is 2.75. The summed E-state index contributed by atoms with van der Waals surface area (Å²) < 4.78 is 30.7. The van der Waals surface area contributed by atoms with E-state index in [0.29, 0.717) is 22.4 Å². The number of carbonyl (C=O) groups excluding carboxylic acids is 1. The van der Waals surface area contributed by atoms with Crippen LogP contribution in [0.4, 0.5) is 0 Å². The van der Waals surface area contributed by atoms with Gasteiger partial charge in [-0.15, -0.1) is 0 Å². The molecule has 2 aromatic rings. The third-order valence-corrected chi connectivity index (χ3v) is 4.89. The van der Waals surface area contributed by atoms with Crippen LogP contribution >= 0.6 is 0 Å². The van der Waals surface area contributed by atoms with Crippen molar-refractivity contribution >= 4 is 15.9 Å². The highest BCUT2D eigenvalue weighted by Gasteiger charge is 2.32. The van der Waals surface area contributed by atoms with Crippen LogP contribution < -0.4 is 9.46 Å². The molecule has 0 fully saturated rings. The van der Waals surface area contributed by atoms with Gasteiger partial charge in [0.15, 0.2) is 0 Å². The van der Waals surface area contributed by atoms with Crippen LogP contribution in [0, 0.1) is 0 Å². The fourth-order valence-corrected chi connectivity index (χ4v) is 3.57. The van der Waals surface area contributed by atoms with Crippen LogP contribution in [0.5, 0.6) is 5.75 Å². The number of carbonyl (C=O) groups is 1. The zero-order valence-electron chi connectivity index (χ0n) is 11.7. The minimum atomic E-state index is -3.75. The van der Waals surface area contributed by atoms with Crippen molar-refractivity contribution in [2.75, 3.05) is 7.11 Å². The number of aliphatic hydroxyl groups excluding tert-OH is 1. The molecule has 0 unspecified atom stereocenters. The first kappa shape index (κ1) is 14.6. The van der Waals surface area contributed by atoms with E-state index in [1.54, 1.807) is 24.3 Å². The quantitative estimate of drug-likeness (QED) is 0.889. The number of methoxy groups -OCH3 is 1. The highest BCUT2D eigenvalue weighted by atomic mass is 32.2. The van der Waals surface area contributed by atoms with E-state index in [2.05, 4.69) is 0 Å². The summed E-state index contributed by atoms with van der Waals surface area (Å²) in [6, 6.07) is 9.69. The van der Waals surface area contributed by atoms with Crippen LogP contribution in [-0.2, 0) is 16.6 Å². The lowest BCUT2D eigenvalue weighted by molar-refractivity contribution is 0.0985. The summed E-state index contributed by atoms with van der Waals surface area (Å²) in [6.45, 7) is -0.128. The van der Waals surface area contributed by atoms with Crippen molar-refractivity contribution in [3.63, 3.8) is 0 Å². The van der Waals surface area contributed by atoms with Crippen LogP contribution in [-0.4, -0.2) is 26.5 Å². The molecule has 0 spiro atoms. The fourth-order valence-electron chi connectivity index (χ4n) is 2.42. The Hall–Kier alpha value is -2.38. The summed E-state index contributed by atoms with van der Waals surface area (Å²) in [5.41, 5.74) is 2.11. The van der Waals surface area contributed by atoms with E-state index in [4.69, 9.17) is 4.74 Å². The predicted octanol–water partition coefficient (Wildman–Crippen LogP) is 1.29. The lowest BCUT2D eigenvalue weighted by atomic mass is 10.00. The Morgan fingerprint density at radius 3 is 2.59 bits per heavy atom. The number of amides is 1. The van der Waals surface area contributed by atoms with E-state index in [1.807, 2.05) is 4.72 Å². The van der Waals surface area contributed by atoms with Crippen molar-refractivity contribution in [1.82, 2.24) is 4.72 Å². The van der Waals surface area contributed by atoms with Crippen LogP contribution in [0.2, 0.25) is 0 Å². The summed E-state index contributed by atoms with van der Waals surface area (Å²) in [7, 11) is -2.24. The SMILES string of the molecule is COc1ccc(CO)cc1-c1ccc2c(c1)C(=O)NS2(=O)=O. The molecule has 1 amide bonds. The summed E-state index contributed by atoms with van der Waals surface area (Å²) >= 11 is 0. The zero-order valence-corrected chi connectivity index (χ0v) is 12.5. The van der Waals surface area contributed by atoms with Crippen molar-refractivity contribution in [1.29, 1.82) is 0 Å². The zero-order chi connectivity index (χ0) is 15.9. The highest BCUT2D eigenvalue weighted by Crippen LogP contribution is 2.34. The monoisotopic (exact) mass is 319 g/mol. The smallest absolute Gasteiger partial charge is 0.266 e. The van der Waals surface area contributed by atoms with E-state index < -0.39 is 15.9 Å². The molecule has 0 atom stereocenters.